The number of rotatable bonds is 3. The van der Waals surface area contributed by atoms with Gasteiger partial charge in [0.15, 0.2) is 9.84 Å². The molecule has 1 fully saturated rings. The zero-order valence-corrected chi connectivity index (χ0v) is 16.7. The molecule has 9 heteroatoms. The molecule has 1 aromatic heterocycles. The summed E-state index contributed by atoms with van der Waals surface area (Å²) in [5.74, 6) is 0. The van der Waals surface area contributed by atoms with E-state index in [-0.39, 0.29) is 29.1 Å². The van der Waals surface area contributed by atoms with E-state index in [1.165, 1.54) is 0 Å². The van der Waals surface area contributed by atoms with E-state index in [0.29, 0.717) is 10.9 Å². The molecule has 2 unspecified atom stereocenters. The van der Waals surface area contributed by atoms with Gasteiger partial charge in [0.2, 0.25) is 0 Å². The number of aromatic amines is 1. The molecule has 4 rings (SSSR count). The van der Waals surface area contributed by atoms with Crippen molar-refractivity contribution in [2.75, 3.05) is 6.61 Å². The molecular weight excluding hydrogens is 419 g/mol. The smallest absolute Gasteiger partial charge is 0.377 e. The van der Waals surface area contributed by atoms with E-state index in [1.807, 2.05) is 0 Å². The van der Waals surface area contributed by atoms with Gasteiger partial charge in [0.1, 0.15) is 0 Å². The third-order valence-corrected chi connectivity index (χ3v) is 7.77. The van der Waals surface area contributed by atoms with E-state index < -0.39 is 38.5 Å². The average Bonchev–Trinajstić information content (AvgIpc) is 3.13. The van der Waals surface area contributed by atoms with Crippen LogP contribution in [0.4, 0.5) is 13.2 Å². The summed E-state index contributed by atoms with van der Waals surface area (Å²) < 4.78 is 71.5. The lowest BCUT2D eigenvalue weighted by molar-refractivity contribution is -0.137. The van der Waals surface area contributed by atoms with Gasteiger partial charge in [0.25, 0.3) is 5.56 Å². The standard InChI is InChI=1S/C21H18F3NO4S/c1-12-17(10-11-29-12)30(27,28)19-15-4-2-3-5-16(15)25-20(26)18(19)13-6-8-14(9-7-13)21(22,23)24/h2-9,12,17H,10-11H2,1H3,(H,25,26). The number of pyridine rings is 1. The molecule has 0 spiro atoms. The molecule has 1 saturated heterocycles. The minimum absolute atomic E-state index is 0.0974. The van der Waals surface area contributed by atoms with E-state index >= 15 is 0 Å². The fourth-order valence-corrected chi connectivity index (χ4v) is 6.14. The van der Waals surface area contributed by atoms with Gasteiger partial charge in [-0.25, -0.2) is 8.42 Å². The summed E-state index contributed by atoms with van der Waals surface area (Å²) in [6.07, 6.45) is -4.83. The fourth-order valence-electron chi connectivity index (χ4n) is 3.87. The quantitative estimate of drug-likeness (QED) is 0.668. The maximum absolute atomic E-state index is 13.6. The minimum atomic E-state index is -4.54. The van der Waals surface area contributed by atoms with Crippen LogP contribution in [0.15, 0.2) is 58.2 Å². The molecule has 5 nitrogen and oxygen atoms in total. The number of para-hydroxylation sites is 1. The van der Waals surface area contributed by atoms with Crippen LogP contribution in [0.3, 0.4) is 0 Å². The Labute approximate surface area is 170 Å². The Balaban J connectivity index is 2.02. The lowest BCUT2D eigenvalue weighted by Gasteiger charge is -2.19. The second-order valence-corrected chi connectivity index (χ2v) is 9.33. The topological polar surface area (TPSA) is 76.2 Å². The highest BCUT2D eigenvalue weighted by molar-refractivity contribution is 7.92. The van der Waals surface area contributed by atoms with Gasteiger partial charge in [-0.1, -0.05) is 30.3 Å². The number of benzene rings is 2. The van der Waals surface area contributed by atoms with Crippen LogP contribution in [0, 0.1) is 0 Å². The van der Waals surface area contributed by atoms with Gasteiger partial charge in [-0.05, 0) is 37.1 Å². The molecule has 1 aliphatic heterocycles. The Morgan fingerprint density at radius 2 is 1.73 bits per heavy atom. The predicted octanol–water partition coefficient (Wildman–Crippen LogP) is 4.17. The van der Waals surface area contributed by atoms with Gasteiger partial charge >= 0.3 is 6.18 Å². The van der Waals surface area contributed by atoms with Crippen LogP contribution in [0.5, 0.6) is 0 Å². The van der Waals surface area contributed by atoms with Crippen molar-refractivity contribution in [2.45, 2.75) is 35.8 Å². The summed E-state index contributed by atoms with van der Waals surface area (Å²) in [7, 11) is -4.02. The summed E-state index contributed by atoms with van der Waals surface area (Å²) >= 11 is 0. The number of nitrogens with one attached hydrogen (secondary N) is 1. The van der Waals surface area contributed by atoms with Crippen LogP contribution in [0.2, 0.25) is 0 Å². The lowest BCUT2D eigenvalue weighted by Crippen LogP contribution is -2.30. The monoisotopic (exact) mass is 437 g/mol. The van der Waals surface area contributed by atoms with Gasteiger partial charge in [0, 0.05) is 17.5 Å². The number of sulfone groups is 1. The molecule has 0 amide bonds. The maximum atomic E-state index is 13.6. The molecule has 2 heterocycles. The van der Waals surface area contributed by atoms with Gasteiger partial charge in [-0.15, -0.1) is 0 Å². The number of fused-ring (bicyclic) bond motifs is 1. The molecule has 0 radical (unpaired) electrons. The first-order valence-electron chi connectivity index (χ1n) is 9.29. The highest BCUT2D eigenvalue weighted by Crippen LogP contribution is 2.37. The van der Waals surface area contributed by atoms with Crippen LogP contribution < -0.4 is 5.56 Å². The average molecular weight is 437 g/mol. The van der Waals surface area contributed by atoms with Gasteiger partial charge in [0.05, 0.1) is 27.4 Å². The number of alkyl halides is 3. The third kappa shape index (κ3) is 3.41. The molecule has 0 bridgehead atoms. The van der Waals surface area contributed by atoms with E-state index in [9.17, 15) is 26.4 Å². The first-order chi connectivity index (χ1) is 14.1. The molecule has 1 aliphatic rings. The first kappa shape index (κ1) is 20.6. The Bertz CT molecular complexity index is 1260. The number of hydrogen-bond donors (Lipinski definition) is 1. The highest BCUT2D eigenvalue weighted by Gasteiger charge is 2.40. The van der Waals surface area contributed by atoms with E-state index in [2.05, 4.69) is 4.98 Å². The first-order valence-corrected chi connectivity index (χ1v) is 10.8. The molecule has 3 aromatic rings. The van der Waals surface area contributed by atoms with Crippen molar-refractivity contribution in [3.05, 3.63) is 64.4 Å². The molecular formula is C21H18F3NO4S. The highest BCUT2D eigenvalue weighted by atomic mass is 32.2. The van der Waals surface area contributed by atoms with Gasteiger partial charge in [-0.2, -0.15) is 13.2 Å². The molecule has 2 atom stereocenters. The van der Waals surface area contributed by atoms with Crippen molar-refractivity contribution < 1.29 is 26.3 Å². The predicted molar refractivity (Wildman–Crippen MR) is 106 cm³/mol. The largest absolute Gasteiger partial charge is 0.416 e. The normalized spacial score (nSPS) is 20.0. The van der Waals surface area contributed by atoms with Crippen molar-refractivity contribution in [1.29, 1.82) is 0 Å². The van der Waals surface area contributed by atoms with Gasteiger partial charge < -0.3 is 9.72 Å². The number of ether oxygens (including phenoxy) is 1. The molecule has 0 saturated carbocycles. The number of hydrogen-bond acceptors (Lipinski definition) is 4. The van der Waals surface area contributed by atoms with Gasteiger partial charge in [-0.3, -0.25) is 4.79 Å². The minimum Gasteiger partial charge on any atom is -0.377 e. The molecule has 158 valence electrons. The summed E-state index contributed by atoms with van der Waals surface area (Å²) in [4.78, 5) is 15.4. The van der Waals surface area contributed by atoms with E-state index in [0.717, 1.165) is 24.3 Å². The van der Waals surface area contributed by atoms with Crippen LogP contribution in [-0.4, -0.2) is 31.4 Å². The Kier molecular flexibility index (Phi) is 4.98. The number of halogens is 3. The summed E-state index contributed by atoms with van der Waals surface area (Å²) in [6.45, 7) is 1.93. The van der Waals surface area contributed by atoms with Crippen molar-refractivity contribution in [2.24, 2.45) is 0 Å². The number of aromatic nitrogens is 1. The van der Waals surface area contributed by atoms with Crippen LogP contribution in [-0.2, 0) is 20.8 Å². The summed E-state index contributed by atoms with van der Waals surface area (Å²) in [5.41, 5.74) is -1.30. The Morgan fingerprint density at radius 3 is 2.33 bits per heavy atom. The van der Waals surface area contributed by atoms with E-state index in [1.54, 1.807) is 31.2 Å². The van der Waals surface area contributed by atoms with Crippen molar-refractivity contribution in [1.82, 2.24) is 4.98 Å². The molecule has 30 heavy (non-hydrogen) atoms. The van der Waals surface area contributed by atoms with E-state index in [4.69, 9.17) is 4.74 Å². The zero-order chi connectivity index (χ0) is 21.7. The fraction of sp³-hybridized carbons (Fsp3) is 0.286. The van der Waals surface area contributed by atoms with Crippen LogP contribution in [0.25, 0.3) is 22.0 Å². The summed E-state index contributed by atoms with van der Waals surface area (Å²) in [6, 6.07) is 10.4. The zero-order valence-electron chi connectivity index (χ0n) is 15.9. The Hall–Kier alpha value is -2.65. The van der Waals surface area contributed by atoms with Crippen LogP contribution >= 0.6 is 0 Å². The Morgan fingerprint density at radius 1 is 1.07 bits per heavy atom. The van der Waals surface area contributed by atoms with Crippen molar-refractivity contribution in [3.63, 3.8) is 0 Å². The summed E-state index contributed by atoms with van der Waals surface area (Å²) in [5, 5.41) is -0.540. The maximum Gasteiger partial charge on any atom is 0.416 e. The third-order valence-electron chi connectivity index (χ3n) is 5.36. The molecule has 2 aromatic carbocycles. The SMILES string of the molecule is CC1OCCC1S(=O)(=O)c1c(-c2ccc(C(F)(F)F)cc2)c(=O)[nH]c2ccccc12. The van der Waals surface area contributed by atoms with Crippen molar-refractivity contribution >= 4 is 20.7 Å². The van der Waals surface area contributed by atoms with Crippen molar-refractivity contribution in [3.8, 4) is 11.1 Å². The second-order valence-electron chi connectivity index (χ2n) is 7.23. The second kappa shape index (κ2) is 7.24. The van der Waals surface area contributed by atoms with Crippen LogP contribution in [0.1, 0.15) is 18.9 Å². The molecule has 0 aliphatic carbocycles. The molecule has 1 N–H and O–H groups in total. The lowest BCUT2D eigenvalue weighted by atomic mass is 10.0. The number of H-pyrrole nitrogens is 1.